The summed E-state index contributed by atoms with van der Waals surface area (Å²) in [5, 5.41) is 13.3. The van der Waals surface area contributed by atoms with Crippen molar-refractivity contribution in [2.75, 3.05) is 50.2 Å². The normalized spacial score (nSPS) is 19.3. The molecule has 0 aliphatic carbocycles. The van der Waals surface area contributed by atoms with E-state index in [4.69, 9.17) is 9.47 Å². The van der Waals surface area contributed by atoms with E-state index in [1.54, 1.807) is 7.11 Å². The van der Waals surface area contributed by atoms with Gasteiger partial charge in [-0.1, -0.05) is 27.8 Å². The zero-order valence-corrected chi connectivity index (χ0v) is 18.8. The van der Waals surface area contributed by atoms with Crippen molar-refractivity contribution in [3.05, 3.63) is 51.3 Å². The molecule has 4 rings (SSSR count). The van der Waals surface area contributed by atoms with Crippen molar-refractivity contribution in [3.63, 3.8) is 0 Å². The van der Waals surface area contributed by atoms with Crippen LogP contribution in [0.2, 0.25) is 0 Å². The fourth-order valence-corrected chi connectivity index (χ4v) is 4.31. The number of methoxy groups -OCH3 is 1. The molecule has 2 atom stereocenters. The third-order valence-electron chi connectivity index (χ3n) is 5.51. The standard InChI is InChI=1S/C23H26BrN3O3/c1-15(29-2)22-17(11-20(13-25-22)27-5-7-30-8-6-27)4-3-16-9-19(24)10-18-12-21(28)14-26-23(16)18/h9-11,13,15,21,26,28H,5-8,12,14H2,1-2H3/t15-,21?/m0/s1. The number of nitrogens with one attached hydrogen (secondary N) is 1. The summed E-state index contributed by atoms with van der Waals surface area (Å²) in [7, 11) is 1.68. The molecule has 1 unspecified atom stereocenters. The fourth-order valence-electron chi connectivity index (χ4n) is 3.81. The second kappa shape index (κ2) is 9.36. The highest BCUT2D eigenvalue weighted by atomic mass is 79.9. The molecule has 1 aromatic heterocycles. The van der Waals surface area contributed by atoms with Gasteiger partial charge in [-0.2, -0.15) is 0 Å². The minimum atomic E-state index is -0.379. The summed E-state index contributed by atoms with van der Waals surface area (Å²) in [6.45, 7) is 5.64. The molecule has 158 valence electrons. The van der Waals surface area contributed by atoms with Gasteiger partial charge >= 0.3 is 0 Å². The number of aliphatic hydroxyl groups excluding tert-OH is 1. The second-order valence-corrected chi connectivity index (χ2v) is 8.50. The third kappa shape index (κ3) is 4.62. The lowest BCUT2D eigenvalue weighted by atomic mass is 9.97. The third-order valence-corrected chi connectivity index (χ3v) is 5.96. The maximum Gasteiger partial charge on any atom is 0.0975 e. The van der Waals surface area contributed by atoms with Crippen molar-refractivity contribution >= 4 is 27.3 Å². The minimum Gasteiger partial charge on any atom is -0.391 e. The van der Waals surface area contributed by atoms with Crippen LogP contribution in [0.4, 0.5) is 11.4 Å². The maximum atomic E-state index is 9.98. The topological polar surface area (TPSA) is 66.9 Å². The van der Waals surface area contributed by atoms with Crippen molar-refractivity contribution in [1.82, 2.24) is 4.98 Å². The Morgan fingerprint density at radius 2 is 2.03 bits per heavy atom. The molecule has 6 nitrogen and oxygen atoms in total. The Morgan fingerprint density at radius 3 is 2.80 bits per heavy atom. The number of β-amino-alcohol motifs (C(OH)–C–C–N with tert-alkyl or cyclic N) is 1. The van der Waals surface area contributed by atoms with E-state index in [0.717, 1.165) is 64.5 Å². The zero-order valence-electron chi connectivity index (χ0n) is 17.2. The molecule has 2 aliphatic heterocycles. The van der Waals surface area contributed by atoms with Crippen LogP contribution in [-0.4, -0.2) is 56.2 Å². The van der Waals surface area contributed by atoms with E-state index in [9.17, 15) is 5.11 Å². The van der Waals surface area contributed by atoms with Gasteiger partial charge in [-0.25, -0.2) is 0 Å². The number of ether oxygens (including phenoxy) is 2. The van der Waals surface area contributed by atoms with Crippen LogP contribution < -0.4 is 10.2 Å². The molecule has 7 heteroatoms. The number of halogens is 1. The first-order valence-electron chi connectivity index (χ1n) is 10.2. The van der Waals surface area contributed by atoms with E-state index in [1.165, 1.54) is 0 Å². The fraction of sp³-hybridized carbons (Fsp3) is 0.435. The van der Waals surface area contributed by atoms with Gasteiger partial charge in [-0.15, -0.1) is 0 Å². The number of nitrogens with zero attached hydrogens (tertiary/aromatic N) is 2. The minimum absolute atomic E-state index is 0.155. The Kier molecular flexibility index (Phi) is 6.59. The molecule has 0 saturated carbocycles. The highest BCUT2D eigenvalue weighted by Gasteiger charge is 2.19. The number of aliphatic hydroxyl groups is 1. The molecule has 2 aromatic rings. The quantitative estimate of drug-likeness (QED) is 0.670. The summed E-state index contributed by atoms with van der Waals surface area (Å²) in [4.78, 5) is 6.95. The summed E-state index contributed by atoms with van der Waals surface area (Å²) in [5.74, 6) is 6.67. The molecule has 0 radical (unpaired) electrons. The molecule has 0 amide bonds. The number of hydrogen-bond donors (Lipinski definition) is 2. The van der Waals surface area contributed by atoms with Gasteiger partial charge in [0.25, 0.3) is 0 Å². The number of anilines is 2. The number of benzene rings is 1. The Labute approximate surface area is 185 Å². The monoisotopic (exact) mass is 471 g/mol. The maximum absolute atomic E-state index is 9.98. The van der Waals surface area contributed by atoms with Gasteiger partial charge in [0, 0.05) is 43.2 Å². The second-order valence-electron chi connectivity index (χ2n) is 7.58. The Bertz CT molecular complexity index is 980. The summed E-state index contributed by atoms with van der Waals surface area (Å²) >= 11 is 3.57. The van der Waals surface area contributed by atoms with Crippen LogP contribution in [0, 0.1) is 11.8 Å². The van der Waals surface area contributed by atoms with Crippen LogP contribution in [0.1, 0.15) is 35.4 Å². The van der Waals surface area contributed by atoms with E-state index < -0.39 is 0 Å². The number of hydrogen-bond acceptors (Lipinski definition) is 6. The number of fused-ring (bicyclic) bond motifs is 1. The van der Waals surface area contributed by atoms with Crippen LogP contribution in [-0.2, 0) is 15.9 Å². The highest BCUT2D eigenvalue weighted by Crippen LogP contribution is 2.30. The molecule has 1 aromatic carbocycles. The van der Waals surface area contributed by atoms with E-state index in [2.05, 4.69) is 49.0 Å². The first kappa shape index (κ1) is 21.1. The van der Waals surface area contributed by atoms with Crippen LogP contribution in [0.5, 0.6) is 0 Å². The van der Waals surface area contributed by atoms with Crippen molar-refractivity contribution in [1.29, 1.82) is 0 Å². The molecule has 2 N–H and O–H groups in total. The van der Waals surface area contributed by atoms with Crippen molar-refractivity contribution in [2.45, 2.75) is 25.6 Å². The van der Waals surface area contributed by atoms with E-state index >= 15 is 0 Å². The van der Waals surface area contributed by atoms with Crippen LogP contribution in [0.3, 0.4) is 0 Å². The van der Waals surface area contributed by atoms with Gasteiger partial charge in [0.2, 0.25) is 0 Å². The lowest BCUT2D eigenvalue weighted by Crippen LogP contribution is -2.36. The van der Waals surface area contributed by atoms with Crippen LogP contribution >= 0.6 is 15.9 Å². The number of aromatic nitrogens is 1. The lowest BCUT2D eigenvalue weighted by molar-refractivity contribution is 0.115. The predicted octanol–water partition coefficient (Wildman–Crippen LogP) is 3.12. The smallest absolute Gasteiger partial charge is 0.0975 e. The number of rotatable bonds is 3. The van der Waals surface area contributed by atoms with Crippen LogP contribution in [0.25, 0.3) is 0 Å². The molecular formula is C23H26BrN3O3. The van der Waals surface area contributed by atoms with Gasteiger partial charge in [0.1, 0.15) is 0 Å². The molecule has 3 heterocycles. The van der Waals surface area contributed by atoms with Gasteiger partial charge in [0.05, 0.1) is 54.3 Å². The van der Waals surface area contributed by atoms with E-state index in [0.29, 0.717) is 13.0 Å². The lowest BCUT2D eigenvalue weighted by Gasteiger charge is -2.29. The average molecular weight is 472 g/mol. The molecule has 30 heavy (non-hydrogen) atoms. The van der Waals surface area contributed by atoms with Crippen molar-refractivity contribution in [3.8, 4) is 11.8 Å². The molecular weight excluding hydrogens is 446 g/mol. The van der Waals surface area contributed by atoms with Gasteiger partial charge in [-0.3, -0.25) is 4.98 Å². The Balaban J connectivity index is 1.73. The molecule has 0 spiro atoms. The molecule has 2 aliphatic rings. The summed E-state index contributed by atoms with van der Waals surface area (Å²) in [6.07, 6.45) is 1.98. The Morgan fingerprint density at radius 1 is 1.27 bits per heavy atom. The molecule has 0 bridgehead atoms. The Hall–Kier alpha value is -2.11. The summed E-state index contributed by atoms with van der Waals surface area (Å²) in [5.41, 5.74) is 5.70. The van der Waals surface area contributed by atoms with Gasteiger partial charge < -0.3 is 24.8 Å². The van der Waals surface area contributed by atoms with E-state index in [1.807, 2.05) is 25.3 Å². The van der Waals surface area contributed by atoms with Crippen LogP contribution in [0.15, 0.2) is 28.9 Å². The largest absolute Gasteiger partial charge is 0.391 e. The number of pyridine rings is 1. The van der Waals surface area contributed by atoms with Crippen molar-refractivity contribution in [2.24, 2.45) is 0 Å². The first-order chi connectivity index (χ1) is 14.5. The predicted molar refractivity (Wildman–Crippen MR) is 121 cm³/mol. The summed E-state index contributed by atoms with van der Waals surface area (Å²) in [6, 6.07) is 6.14. The van der Waals surface area contributed by atoms with Gasteiger partial charge in [-0.05, 0) is 30.7 Å². The van der Waals surface area contributed by atoms with Crippen molar-refractivity contribution < 1.29 is 14.6 Å². The summed E-state index contributed by atoms with van der Waals surface area (Å²) < 4.78 is 11.9. The average Bonchev–Trinajstić information content (AvgIpc) is 2.77. The van der Waals surface area contributed by atoms with E-state index in [-0.39, 0.29) is 12.2 Å². The SMILES string of the molecule is CO[C@@H](C)c1ncc(N2CCOCC2)cc1C#Cc1cc(Br)cc2c1NCC(O)C2. The number of morpholine rings is 1. The molecule has 1 fully saturated rings. The zero-order chi connectivity index (χ0) is 21.1. The highest BCUT2D eigenvalue weighted by molar-refractivity contribution is 9.10. The molecule has 1 saturated heterocycles. The first-order valence-corrected chi connectivity index (χ1v) is 11.0. The van der Waals surface area contributed by atoms with Gasteiger partial charge in [0.15, 0.2) is 0 Å².